The van der Waals surface area contributed by atoms with Crippen LogP contribution in [0.5, 0.6) is 0 Å². The molecule has 3 fully saturated rings. The van der Waals surface area contributed by atoms with Gasteiger partial charge < -0.3 is 5.32 Å². The summed E-state index contributed by atoms with van der Waals surface area (Å²) in [5.41, 5.74) is 0.166. The molecular weight excluding hydrogens is 341 g/mol. The largest absolute Gasteiger partial charge is 0.416 e. The molecule has 0 spiro atoms. The highest BCUT2D eigenvalue weighted by Crippen LogP contribution is 2.34. The molecule has 2 atom stereocenters. The molecule has 1 aromatic heterocycles. The van der Waals surface area contributed by atoms with E-state index in [2.05, 4.69) is 27.3 Å². The minimum atomic E-state index is -4.36. The van der Waals surface area contributed by atoms with E-state index in [4.69, 9.17) is 0 Å². The standard InChI is InChI=1S/C19H21F3N4/c1-12-18(13-7-9-26(12)10-8-13)23-17-6-5-16(24-25-17)14-3-2-4-15(11-14)19(20,21)22/h2-6,11-13,18H,7-10H2,1H3,(H,23,25). The van der Waals surface area contributed by atoms with Crippen molar-refractivity contribution < 1.29 is 13.2 Å². The molecule has 0 saturated carbocycles. The summed E-state index contributed by atoms with van der Waals surface area (Å²) in [6.07, 6.45) is -1.98. The van der Waals surface area contributed by atoms with E-state index < -0.39 is 11.7 Å². The Bertz CT molecular complexity index is 765. The van der Waals surface area contributed by atoms with Crippen LogP contribution in [0.4, 0.5) is 19.0 Å². The number of anilines is 1. The van der Waals surface area contributed by atoms with Crippen molar-refractivity contribution in [3.63, 3.8) is 0 Å². The lowest BCUT2D eigenvalue weighted by Gasteiger charge is -2.50. The molecule has 26 heavy (non-hydrogen) atoms. The smallest absolute Gasteiger partial charge is 0.364 e. The molecule has 2 unspecified atom stereocenters. The molecule has 0 radical (unpaired) electrons. The second-order valence-electron chi connectivity index (χ2n) is 7.17. The molecule has 0 aliphatic carbocycles. The molecule has 138 valence electrons. The first-order valence-electron chi connectivity index (χ1n) is 8.94. The zero-order chi connectivity index (χ0) is 18.3. The number of aromatic nitrogens is 2. The zero-order valence-corrected chi connectivity index (χ0v) is 14.5. The number of fused-ring (bicyclic) bond motifs is 3. The number of hydrogen-bond donors (Lipinski definition) is 1. The Morgan fingerprint density at radius 2 is 1.85 bits per heavy atom. The predicted octanol–water partition coefficient (Wildman–Crippen LogP) is 4.06. The summed E-state index contributed by atoms with van der Waals surface area (Å²) < 4.78 is 38.6. The third-order valence-electron chi connectivity index (χ3n) is 5.64. The molecule has 4 heterocycles. The monoisotopic (exact) mass is 362 g/mol. The summed E-state index contributed by atoms with van der Waals surface area (Å²) in [5, 5.41) is 11.8. The molecule has 2 aromatic rings. The molecule has 3 saturated heterocycles. The van der Waals surface area contributed by atoms with Crippen LogP contribution in [0.2, 0.25) is 0 Å². The molecule has 1 N–H and O–H groups in total. The van der Waals surface area contributed by atoms with Gasteiger partial charge in [-0.1, -0.05) is 12.1 Å². The lowest BCUT2D eigenvalue weighted by molar-refractivity contribution is -0.137. The first-order chi connectivity index (χ1) is 12.4. The Hall–Kier alpha value is -2.15. The first kappa shape index (κ1) is 17.3. The Morgan fingerprint density at radius 3 is 2.46 bits per heavy atom. The van der Waals surface area contributed by atoms with Gasteiger partial charge in [-0.25, -0.2) is 0 Å². The number of benzene rings is 1. The van der Waals surface area contributed by atoms with E-state index in [1.54, 1.807) is 18.2 Å². The third-order valence-corrected chi connectivity index (χ3v) is 5.64. The summed E-state index contributed by atoms with van der Waals surface area (Å²) in [7, 11) is 0. The minimum absolute atomic E-state index is 0.339. The van der Waals surface area contributed by atoms with Crippen LogP contribution < -0.4 is 5.32 Å². The van der Waals surface area contributed by atoms with Crippen LogP contribution in [0.1, 0.15) is 25.3 Å². The Balaban J connectivity index is 1.51. The topological polar surface area (TPSA) is 41.1 Å². The number of rotatable bonds is 3. The number of halogens is 3. The van der Waals surface area contributed by atoms with Crippen molar-refractivity contribution >= 4 is 5.82 Å². The number of hydrogen-bond acceptors (Lipinski definition) is 4. The number of piperidine rings is 3. The highest BCUT2D eigenvalue weighted by molar-refractivity contribution is 5.60. The second-order valence-corrected chi connectivity index (χ2v) is 7.17. The quantitative estimate of drug-likeness (QED) is 0.894. The zero-order valence-electron chi connectivity index (χ0n) is 14.5. The molecule has 0 amide bonds. The fraction of sp³-hybridized carbons (Fsp3) is 0.474. The van der Waals surface area contributed by atoms with Gasteiger partial charge in [-0.05, 0) is 63.0 Å². The van der Waals surface area contributed by atoms with Crippen LogP contribution in [0.25, 0.3) is 11.3 Å². The van der Waals surface area contributed by atoms with Crippen molar-refractivity contribution in [1.82, 2.24) is 15.1 Å². The second kappa shape index (κ2) is 6.54. The summed E-state index contributed by atoms with van der Waals surface area (Å²) in [4.78, 5) is 2.49. The molecule has 7 heteroatoms. The maximum absolute atomic E-state index is 12.9. The highest BCUT2D eigenvalue weighted by atomic mass is 19.4. The van der Waals surface area contributed by atoms with Crippen LogP contribution in [0.3, 0.4) is 0 Å². The van der Waals surface area contributed by atoms with Gasteiger partial charge >= 0.3 is 6.18 Å². The number of nitrogens with one attached hydrogen (secondary N) is 1. The van der Waals surface area contributed by atoms with Gasteiger partial charge in [-0.2, -0.15) is 13.2 Å². The van der Waals surface area contributed by atoms with Crippen LogP contribution in [-0.2, 0) is 6.18 Å². The summed E-state index contributed by atoms with van der Waals surface area (Å²) in [5.74, 6) is 1.31. The van der Waals surface area contributed by atoms with Gasteiger partial charge in [0, 0.05) is 17.6 Å². The molecule has 2 bridgehead atoms. The molecule has 4 nitrogen and oxygen atoms in total. The van der Waals surface area contributed by atoms with Gasteiger partial charge in [0.05, 0.1) is 11.3 Å². The molecule has 5 rings (SSSR count). The maximum atomic E-state index is 12.9. The van der Waals surface area contributed by atoms with Gasteiger partial charge in [-0.3, -0.25) is 4.90 Å². The lowest BCUT2D eigenvalue weighted by Crippen LogP contribution is -2.59. The van der Waals surface area contributed by atoms with E-state index in [9.17, 15) is 13.2 Å². The third kappa shape index (κ3) is 3.28. The van der Waals surface area contributed by atoms with E-state index in [-0.39, 0.29) is 0 Å². The SMILES string of the molecule is CC1C(Nc2ccc(-c3cccc(C(F)(F)F)c3)nn2)C2CCN1CC2. The van der Waals surface area contributed by atoms with Crippen LogP contribution in [0, 0.1) is 5.92 Å². The van der Waals surface area contributed by atoms with E-state index in [1.165, 1.54) is 18.9 Å². The predicted molar refractivity (Wildman–Crippen MR) is 93.6 cm³/mol. The normalized spacial score (nSPS) is 28.2. The number of alkyl halides is 3. The first-order valence-corrected chi connectivity index (χ1v) is 8.94. The molecule has 3 aliphatic rings. The van der Waals surface area contributed by atoms with Gasteiger partial charge in [-0.15, -0.1) is 10.2 Å². The Labute approximate surface area is 150 Å². The Kier molecular flexibility index (Phi) is 4.34. The fourth-order valence-corrected chi connectivity index (χ4v) is 4.13. The van der Waals surface area contributed by atoms with Crippen molar-refractivity contribution in [1.29, 1.82) is 0 Å². The van der Waals surface area contributed by atoms with Crippen molar-refractivity contribution in [2.24, 2.45) is 5.92 Å². The van der Waals surface area contributed by atoms with Crippen LogP contribution >= 0.6 is 0 Å². The Morgan fingerprint density at radius 1 is 1.08 bits per heavy atom. The van der Waals surface area contributed by atoms with Crippen molar-refractivity contribution in [2.45, 2.75) is 38.0 Å². The van der Waals surface area contributed by atoms with Crippen molar-refractivity contribution in [3.8, 4) is 11.3 Å². The summed E-state index contributed by atoms with van der Waals surface area (Å²) >= 11 is 0. The minimum Gasteiger partial charge on any atom is -0.364 e. The number of nitrogens with zero attached hydrogens (tertiary/aromatic N) is 3. The molecule has 3 aliphatic heterocycles. The van der Waals surface area contributed by atoms with Gasteiger partial charge in [0.1, 0.15) is 5.82 Å². The highest BCUT2D eigenvalue weighted by Gasteiger charge is 2.39. The van der Waals surface area contributed by atoms with Gasteiger partial charge in [0.25, 0.3) is 0 Å². The van der Waals surface area contributed by atoms with Crippen molar-refractivity contribution in [3.05, 3.63) is 42.0 Å². The molecular formula is C19H21F3N4. The van der Waals surface area contributed by atoms with Crippen molar-refractivity contribution in [2.75, 3.05) is 18.4 Å². The van der Waals surface area contributed by atoms with E-state index in [0.717, 1.165) is 25.2 Å². The van der Waals surface area contributed by atoms with E-state index in [0.29, 0.717) is 35.1 Å². The van der Waals surface area contributed by atoms with Crippen LogP contribution in [0.15, 0.2) is 36.4 Å². The fourth-order valence-electron chi connectivity index (χ4n) is 4.13. The van der Waals surface area contributed by atoms with Gasteiger partial charge in [0.2, 0.25) is 0 Å². The lowest BCUT2D eigenvalue weighted by atomic mass is 9.79. The average molecular weight is 362 g/mol. The summed E-state index contributed by atoms with van der Waals surface area (Å²) in [6.45, 7) is 4.54. The maximum Gasteiger partial charge on any atom is 0.416 e. The molecule has 1 aromatic carbocycles. The van der Waals surface area contributed by atoms with E-state index in [1.807, 2.05) is 0 Å². The van der Waals surface area contributed by atoms with Gasteiger partial charge in [0.15, 0.2) is 0 Å². The van der Waals surface area contributed by atoms with Crippen LogP contribution in [-0.4, -0.2) is 40.3 Å². The van der Waals surface area contributed by atoms with E-state index >= 15 is 0 Å². The summed E-state index contributed by atoms with van der Waals surface area (Å²) in [6, 6.07) is 9.47. The average Bonchev–Trinajstić information content (AvgIpc) is 2.65.